The van der Waals surface area contributed by atoms with E-state index in [1.807, 2.05) is 0 Å². The highest BCUT2D eigenvalue weighted by Gasteiger charge is 2.41. The van der Waals surface area contributed by atoms with E-state index in [1.54, 1.807) is 0 Å². The van der Waals surface area contributed by atoms with Crippen molar-refractivity contribution in [2.75, 3.05) is 32.9 Å². The van der Waals surface area contributed by atoms with Crippen LogP contribution in [0.4, 0.5) is 0 Å². The van der Waals surface area contributed by atoms with Crippen LogP contribution in [-0.4, -0.2) is 55.5 Å². The zero-order valence-corrected chi connectivity index (χ0v) is 12.0. The Bertz CT molecular complexity index is 286. The lowest BCUT2D eigenvalue weighted by molar-refractivity contribution is -0.139. The molecule has 3 aliphatic rings. The normalized spacial score (nSPS) is 36.5. The number of morpholine rings is 1. The topological polar surface area (TPSA) is 47.7 Å². The van der Waals surface area contributed by atoms with Crippen molar-refractivity contribution in [3.05, 3.63) is 0 Å². The Morgan fingerprint density at radius 2 is 2.00 bits per heavy atom. The van der Waals surface area contributed by atoms with Crippen LogP contribution >= 0.6 is 0 Å². The Balaban J connectivity index is 1.66. The number of hydrogen-bond donors (Lipinski definition) is 1. The minimum Gasteiger partial charge on any atom is -0.378 e. The average Bonchev–Trinajstić information content (AvgIpc) is 2.48. The number of nitrogens with two attached hydrogens (primary N) is 1. The van der Waals surface area contributed by atoms with Crippen molar-refractivity contribution in [2.24, 2.45) is 5.73 Å². The zero-order chi connectivity index (χ0) is 13.1. The van der Waals surface area contributed by atoms with E-state index in [1.165, 1.54) is 38.5 Å². The summed E-state index contributed by atoms with van der Waals surface area (Å²) in [6, 6.07) is 1.07. The maximum Gasteiger partial charge on any atom is 0.0697 e. The van der Waals surface area contributed by atoms with Gasteiger partial charge in [0.05, 0.1) is 18.8 Å². The van der Waals surface area contributed by atoms with Crippen LogP contribution in [0.2, 0.25) is 0 Å². The Labute approximate surface area is 116 Å². The van der Waals surface area contributed by atoms with E-state index in [-0.39, 0.29) is 5.60 Å². The van der Waals surface area contributed by atoms with Crippen molar-refractivity contribution in [3.8, 4) is 0 Å². The second-order valence-electron chi connectivity index (χ2n) is 6.44. The van der Waals surface area contributed by atoms with Gasteiger partial charge in [0.1, 0.15) is 0 Å². The summed E-state index contributed by atoms with van der Waals surface area (Å²) in [5.41, 5.74) is 6.11. The molecule has 2 aliphatic heterocycles. The molecule has 1 spiro atoms. The summed E-state index contributed by atoms with van der Waals surface area (Å²) in [4.78, 5) is 2.61. The van der Waals surface area contributed by atoms with Gasteiger partial charge in [-0.05, 0) is 25.7 Å². The fourth-order valence-electron chi connectivity index (χ4n) is 4.18. The summed E-state index contributed by atoms with van der Waals surface area (Å²) < 4.78 is 11.8. The van der Waals surface area contributed by atoms with Gasteiger partial charge in [-0.25, -0.2) is 0 Å². The molecular formula is C15H28N2O2. The average molecular weight is 268 g/mol. The molecule has 0 aromatic rings. The summed E-state index contributed by atoms with van der Waals surface area (Å²) in [6.07, 6.45) is 8.98. The van der Waals surface area contributed by atoms with Gasteiger partial charge in [0, 0.05) is 31.8 Å². The molecule has 3 rings (SSSR count). The van der Waals surface area contributed by atoms with E-state index in [0.717, 1.165) is 32.8 Å². The highest BCUT2D eigenvalue weighted by atomic mass is 16.5. The lowest BCUT2D eigenvalue weighted by Gasteiger charge is -2.49. The first kappa shape index (κ1) is 13.8. The fraction of sp³-hybridized carbons (Fsp3) is 1.00. The molecule has 2 heterocycles. The molecule has 1 aliphatic carbocycles. The van der Waals surface area contributed by atoms with E-state index in [0.29, 0.717) is 18.6 Å². The monoisotopic (exact) mass is 268 g/mol. The predicted octanol–water partition coefficient (Wildman–Crippen LogP) is 1.53. The van der Waals surface area contributed by atoms with E-state index in [4.69, 9.17) is 15.2 Å². The number of rotatable bonds is 2. The maximum atomic E-state index is 6.21. The molecule has 0 radical (unpaired) electrons. The van der Waals surface area contributed by atoms with Crippen LogP contribution in [0.15, 0.2) is 0 Å². The highest BCUT2D eigenvalue weighted by Crippen LogP contribution is 2.40. The lowest BCUT2D eigenvalue weighted by atomic mass is 9.77. The Hall–Kier alpha value is -0.160. The largest absolute Gasteiger partial charge is 0.378 e. The van der Waals surface area contributed by atoms with Crippen molar-refractivity contribution < 1.29 is 9.47 Å². The summed E-state index contributed by atoms with van der Waals surface area (Å²) >= 11 is 0. The van der Waals surface area contributed by atoms with Crippen LogP contribution in [-0.2, 0) is 9.47 Å². The van der Waals surface area contributed by atoms with Crippen LogP contribution in [0, 0.1) is 0 Å². The zero-order valence-electron chi connectivity index (χ0n) is 12.0. The van der Waals surface area contributed by atoms with Gasteiger partial charge in [-0.1, -0.05) is 19.3 Å². The van der Waals surface area contributed by atoms with Crippen LogP contribution < -0.4 is 5.73 Å². The van der Waals surface area contributed by atoms with Gasteiger partial charge in [0.25, 0.3) is 0 Å². The predicted molar refractivity (Wildman–Crippen MR) is 75.2 cm³/mol. The van der Waals surface area contributed by atoms with Crippen LogP contribution in [0.5, 0.6) is 0 Å². The van der Waals surface area contributed by atoms with Gasteiger partial charge in [-0.15, -0.1) is 0 Å². The first-order valence-corrected chi connectivity index (χ1v) is 8.00. The summed E-state index contributed by atoms with van der Waals surface area (Å²) in [6.45, 7) is 4.36. The molecule has 110 valence electrons. The SMILES string of the molecule is NCC1COCCN1C1CCOC2(CCCCC2)C1. The summed E-state index contributed by atoms with van der Waals surface area (Å²) in [5, 5.41) is 0. The first-order valence-electron chi connectivity index (χ1n) is 8.00. The van der Waals surface area contributed by atoms with Crippen molar-refractivity contribution >= 4 is 0 Å². The number of hydrogen-bond acceptors (Lipinski definition) is 4. The molecule has 0 bridgehead atoms. The van der Waals surface area contributed by atoms with Gasteiger partial charge in [-0.3, -0.25) is 4.90 Å². The standard InChI is InChI=1S/C15H28N2O2/c16-11-14-12-18-9-7-17(14)13-4-8-19-15(10-13)5-2-1-3-6-15/h13-14H,1-12,16H2. The van der Waals surface area contributed by atoms with Crippen LogP contribution in [0.25, 0.3) is 0 Å². The van der Waals surface area contributed by atoms with Gasteiger partial charge in [0.15, 0.2) is 0 Å². The molecule has 0 amide bonds. The molecule has 19 heavy (non-hydrogen) atoms. The maximum absolute atomic E-state index is 6.21. The minimum absolute atomic E-state index is 0.193. The third-order valence-electron chi connectivity index (χ3n) is 5.25. The third-order valence-corrected chi connectivity index (χ3v) is 5.25. The number of nitrogens with zero attached hydrogens (tertiary/aromatic N) is 1. The lowest BCUT2D eigenvalue weighted by Crippen LogP contribution is -2.58. The second kappa shape index (κ2) is 6.08. The van der Waals surface area contributed by atoms with Gasteiger partial charge in [-0.2, -0.15) is 0 Å². The van der Waals surface area contributed by atoms with E-state index in [9.17, 15) is 0 Å². The first-order chi connectivity index (χ1) is 9.33. The van der Waals surface area contributed by atoms with Crippen LogP contribution in [0.1, 0.15) is 44.9 Å². The van der Waals surface area contributed by atoms with Gasteiger partial charge < -0.3 is 15.2 Å². The minimum atomic E-state index is 0.193. The van der Waals surface area contributed by atoms with Crippen molar-refractivity contribution in [3.63, 3.8) is 0 Å². The molecule has 3 fully saturated rings. The van der Waals surface area contributed by atoms with Crippen molar-refractivity contribution in [1.29, 1.82) is 0 Å². The number of ether oxygens (including phenoxy) is 2. The van der Waals surface area contributed by atoms with E-state index in [2.05, 4.69) is 4.90 Å². The Kier molecular flexibility index (Phi) is 4.42. The fourth-order valence-corrected chi connectivity index (χ4v) is 4.18. The smallest absolute Gasteiger partial charge is 0.0697 e. The molecule has 1 saturated carbocycles. The molecule has 2 N–H and O–H groups in total. The molecule has 2 atom stereocenters. The molecule has 2 saturated heterocycles. The van der Waals surface area contributed by atoms with Crippen molar-refractivity contribution in [1.82, 2.24) is 4.90 Å². The Morgan fingerprint density at radius 3 is 2.79 bits per heavy atom. The molecule has 2 unspecified atom stereocenters. The molecule has 0 aromatic heterocycles. The van der Waals surface area contributed by atoms with Crippen molar-refractivity contribution in [2.45, 2.75) is 62.6 Å². The van der Waals surface area contributed by atoms with E-state index >= 15 is 0 Å². The second-order valence-corrected chi connectivity index (χ2v) is 6.44. The molecule has 4 nitrogen and oxygen atoms in total. The van der Waals surface area contributed by atoms with E-state index < -0.39 is 0 Å². The third kappa shape index (κ3) is 2.97. The quantitative estimate of drug-likeness (QED) is 0.825. The highest BCUT2D eigenvalue weighted by molar-refractivity contribution is 4.95. The summed E-state index contributed by atoms with van der Waals surface area (Å²) in [5.74, 6) is 0. The molecule has 0 aromatic carbocycles. The molecular weight excluding hydrogens is 240 g/mol. The van der Waals surface area contributed by atoms with Gasteiger partial charge in [0.2, 0.25) is 0 Å². The van der Waals surface area contributed by atoms with Gasteiger partial charge >= 0.3 is 0 Å². The van der Waals surface area contributed by atoms with Crippen LogP contribution in [0.3, 0.4) is 0 Å². The summed E-state index contributed by atoms with van der Waals surface area (Å²) in [7, 11) is 0. The molecule has 4 heteroatoms. The Morgan fingerprint density at radius 1 is 1.16 bits per heavy atom.